The van der Waals surface area contributed by atoms with Crippen LogP contribution < -0.4 is 15.0 Å². The monoisotopic (exact) mass is 441 g/mol. The summed E-state index contributed by atoms with van der Waals surface area (Å²) in [7, 11) is 1.55. The summed E-state index contributed by atoms with van der Waals surface area (Å²) in [5.74, 6) is -0.300. The third-order valence-corrected chi connectivity index (χ3v) is 6.25. The third kappa shape index (κ3) is 3.33. The lowest BCUT2D eigenvalue weighted by Crippen LogP contribution is -2.69. The molecule has 166 valence electrons. The van der Waals surface area contributed by atoms with E-state index in [9.17, 15) is 14.4 Å². The second-order valence-electron chi connectivity index (χ2n) is 8.13. The van der Waals surface area contributed by atoms with Crippen molar-refractivity contribution in [2.24, 2.45) is 0 Å². The molecule has 0 unspecified atom stereocenters. The van der Waals surface area contributed by atoms with E-state index >= 15 is 0 Å². The number of anilines is 2. The molecule has 2 aliphatic heterocycles. The van der Waals surface area contributed by atoms with Gasteiger partial charge in [0.1, 0.15) is 5.75 Å². The molecule has 1 saturated heterocycles. The Balaban J connectivity index is 1.63. The highest BCUT2D eigenvalue weighted by molar-refractivity contribution is 6.18. The number of amides is 3. The number of carbonyl (C=O) groups excluding carboxylic acids is 3. The molecule has 2 heterocycles. The molecule has 3 amide bonds. The van der Waals surface area contributed by atoms with Crippen molar-refractivity contribution in [3.05, 3.63) is 90.0 Å². The van der Waals surface area contributed by atoms with E-state index in [1.807, 2.05) is 30.3 Å². The first-order valence-corrected chi connectivity index (χ1v) is 10.8. The molecule has 2 aliphatic rings. The molecule has 5 rings (SSSR count). The molecule has 1 fully saturated rings. The zero-order chi connectivity index (χ0) is 23.0. The highest BCUT2D eigenvalue weighted by Crippen LogP contribution is 2.45. The van der Waals surface area contributed by atoms with Crippen LogP contribution in [0.3, 0.4) is 0 Å². The summed E-state index contributed by atoms with van der Waals surface area (Å²) >= 11 is 0. The lowest BCUT2D eigenvalue weighted by Gasteiger charge is -2.49. The van der Waals surface area contributed by atoms with Crippen LogP contribution in [0.1, 0.15) is 28.8 Å². The molecule has 0 bridgehead atoms. The molecular weight excluding hydrogens is 418 g/mol. The molecule has 0 aromatic heterocycles. The van der Waals surface area contributed by atoms with Gasteiger partial charge in [-0.25, -0.2) is 0 Å². The van der Waals surface area contributed by atoms with E-state index in [1.165, 1.54) is 9.80 Å². The summed E-state index contributed by atoms with van der Waals surface area (Å²) in [6, 6.07) is 23.4. The van der Waals surface area contributed by atoms with Crippen LogP contribution in [-0.4, -0.2) is 35.4 Å². The third-order valence-electron chi connectivity index (χ3n) is 6.25. The summed E-state index contributed by atoms with van der Waals surface area (Å²) in [5, 5.41) is 2.93. The normalized spacial score (nSPS) is 19.2. The van der Waals surface area contributed by atoms with Crippen molar-refractivity contribution in [3.8, 4) is 5.75 Å². The van der Waals surface area contributed by atoms with Gasteiger partial charge in [-0.2, -0.15) is 0 Å². The topological polar surface area (TPSA) is 79.0 Å². The van der Waals surface area contributed by atoms with Crippen LogP contribution in [0, 0.1) is 0 Å². The van der Waals surface area contributed by atoms with E-state index in [4.69, 9.17) is 4.74 Å². The van der Waals surface area contributed by atoms with Crippen LogP contribution in [0.15, 0.2) is 78.9 Å². The Kier molecular flexibility index (Phi) is 5.09. The maximum Gasteiger partial charge on any atom is 0.271 e. The molecule has 1 N–H and O–H groups in total. The molecule has 0 spiro atoms. The first-order chi connectivity index (χ1) is 16.0. The zero-order valence-electron chi connectivity index (χ0n) is 18.2. The van der Waals surface area contributed by atoms with Gasteiger partial charge in [0, 0.05) is 31.1 Å². The average molecular weight is 441 g/mol. The number of methoxy groups -OCH3 is 1. The number of nitrogens with zero attached hydrogens (tertiary/aromatic N) is 2. The number of carbonyl (C=O) groups is 3. The Morgan fingerprint density at radius 1 is 1.00 bits per heavy atom. The minimum atomic E-state index is -1.47. The Hall–Kier alpha value is -4.13. The minimum Gasteiger partial charge on any atom is -0.497 e. The minimum absolute atomic E-state index is 0.165. The zero-order valence-corrected chi connectivity index (χ0v) is 18.2. The summed E-state index contributed by atoms with van der Waals surface area (Å²) in [5.41, 5.74) is 0.808. The van der Waals surface area contributed by atoms with Gasteiger partial charge in [0.05, 0.1) is 18.4 Å². The molecule has 7 heteroatoms. The van der Waals surface area contributed by atoms with Crippen LogP contribution in [0.2, 0.25) is 0 Å². The standard InChI is InChI=1S/C26H23N3O4/c1-33-20-11-7-10-19(16-20)27-25(32)26-15-14-23(30)29(26)22-13-6-5-12-21(22)24(31)28(26)17-18-8-3-2-4-9-18/h2-13,16H,14-15,17H2,1H3,(H,27,32)/t26-/m1/s1. The number of para-hydroxylation sites is 1. The number of benzene rings is 3. The molecule has 1 atom stereocenters. The fourth-order valence-electron chi connectivity index (χ4n) is 4.70. The van der Waals surface area contributed by atoms with Gasteiger partial charge in [0.15, 0.2) is 0 Å². The number of nitrogens with one attached hydrogen (secondary N) is 1. The van der Waals surface area contributed by atoms with Crippen LogP contribution >= 0.6 is 0 Å². The predicted octanol–water partition coefficient (Wildman–Crippen LogP) is 3.81. The smallest absolute Gasteiger partial charge is 0.271 e. The Morgan fingerprint density at radius 2 is 1.76 bits per heavy atom. The van der Waals surface area contributed by atoms with Gasteiger partial charge in [0.2, 0.25) is 11.6 Å². The van der Waals surface area contributed by atoms with E-state index in [1.54, 1.807) is 55.6 Å². The first kappa shape index (κ1) is 20.8. The van der Waals surface area contributed by atoms with Gasteiger partial charge in [0.25, 0.3) is 11.8 Å². The number of hydrogen-bond acceptors (Lipinski definition) is 4. The van der Waals surface area contributed by atoms with E-state index < -0.39 is 11.6 Å². The van der Waals surface area contributed by atoms with Crippen LogP contribution in [0.4, 0.5) is 11.4 Å². The Morgan fingerprint density at radius 3 is 2.55 bits per heavy atom. The second-order valence-corrected chi connectivity index (χ2v) is 8.13. The average Bonchev–Trinajstić information content (AvgIpc) is 3.21. The van der Waals surface area contributed by atoms with Crippen molar-refractivity contribution in [1.82, 2.24) is 4.90 Å². The molecule has 0 saturated carbocycles. The van der Waals surface area contributed by atoms with E-state index in [2.05, 4.69) is 5.32 Å². The number of ether oxygens (including phenoxy) is 1. The molecule has 7 nitrogen and oxygen atoms in total. The predicted molar refractivity (Wildman–Crippen MR) is 124 cm³/mol. The van der Waals surface area contributed by atoms with Crippen LogP contribution in [0.25, 0.3) is 0 Å². The summed E-state index contributed by atoms with van der Waals surface area (Å²) in [4.78, 5) is 43.8. The van der Waals surface area contributed by atoms with Gasteiger partial charge in [-0.05, 0) is 29.8 Å². The molecule has 0 radical (unpaired) electrons. The second kappa shape index (κ2) is 8.09. The quantitative estimate of drug-likeness (QED) is 0.653. The molecule has 3 aromatic carbocycles. The number of rotatable bonds is 5. The molecule has 0 aliphatic carbocycles. The van der Waals surface area contributed by atoms with Crippen molar-refractivity contribution < 1.29 is 19.1 Å². The van der Waals surface area contributed by atoms with Crippen molar-refractivity contribution in [3.63, 3.8) is 0 Å². The SMILES string of the molecule is COc1cccc(NC(=O)[C@@]23CCC(=O)N2c2ccccc2C(=O)N3Cc2ccccc2)c1. The lowest BCUT2D eigenvalue weighted by atomic mass is 9.94. The highest BCUT2D eigenvalue weighted by Gasteiger charge is 2.60. The molecule has 3 aromatic rings. The molecular formula is C26H23N3O4. The van der Waals surface area contributed by atoms with Gasteiger partial charge < -0.3 is 15.0 Å². The van der Waals surface area contributed by atoms with E-state index in [-0.39, 0.29) is 31.2 Å². The summed E-state index contributed by atoms with van der Waals surface area (Å²) < 4.78 is 5.27. The van der Waals surface area contributed by atoms with Crippen molar-refractivity contribution >= 4 is 29.1 Å². The van der Waals surface area contributed by atoms with Gasteiger partial charge >= 0.3 is 0 Å². The highest BCUT2D eigenvalue weighted by atomic mass is 16.5. The van der Waals surface area contributed by atoms with Crippen molar-refractivity contribution in [1.29, 1.82) is 0 Å². The van der Waals surface area contributed by atoms with Gasteiger partial charge in [-0.3, -0.25) is 19.3 Å². The fourth-order valence-corrected chi connectivity index (χ4v) is 4.70. The first-order valence-electron chi connectivity index (χ1n) is 10.8. The van der Waals surface area contributed by atoms with Gasteiger partial charge in [-0.1, -0.05) is 48.5 Å². The van der Waals surface area contributed by atoms with Crippen LogP contribution in [0.5, 0.6) is 5.75 Å². The van der Waals surface area contributed by atoms with Crippen molar-refractivity contribution in [2.45, 2.75) is 25.0 Å². The molecule has 33 heavy (non-hydrogen) atoms. The summed E-state index contributed by atoms with van der Waals surface area (Å²) in [6.45, 7) is 0.198. The lowest BCUT2D eigenvalue weighted by molar-refractivity contribution is -0.129. The van der Waals surface area contributed by atoms with Gasteiger partial charge in [-0.15, -0.1) is 0 Å². The van der Waals surface area contributed by atoms with Crippen LogP contribution in [-0.2, 0) is 16.1 Å². The summed E-state index contributed by atoms with van der Waals surface area (Å²) in [6.07, 6.45) is 0.368. The number of fused-ring (bicyclic) bond motifs is 3. The van der Waals surface area contributed by atoms with E-state index in [0.29, 0.717) is 22.7 Å². The largest absolute Gasteiger partial charge is 0.497 e. The maximum absolute atomic E-state index is 13.9. The Labute approximate surface area is 191 Å². The number of hydrogen-bond donors (Lipinski definition) is 1. The fraction of sp³-hybridized carbons (Fsp3) is 0.192. The Bertz CT molecular complexity index is 1240. The van der Waals surface area contributed by atoms with Crippen molar-refractivity contribution in [2.75, 3.05) is 17.3 Å². The maximum atomic E-state index is 13.9. The van der Waals surface area contributed by atoms with E-state index in [0.717, 1.165) is 5.56 Å².